The first-order valence-electron chi connectivity index (χ1n) is 8.77. The smallest absolute Gasteiger partial charge is 0.261 e. The molecule has 1 fully saturated rings. The number of hydrogen-bond donors (Lipinski definition) is 2. The average Bonchev–Trinajstić information content (AvgIpc) is 2.60. The topological polar surface area (TPSA) is 67.2 Å². The van der Waals surface area contributed by atoms with E-state index in [1.807, 2.05) is 0 Å². The molecule has 2 atom stereocenters. The summed E-state index contributed by atoms with van der Waals surface area (Å²) in [4.78, 5) is 17.0. The van der Waals surface area contributed by atoms with E-state index in [2.05, 4.69) is 26.2 Å². The van der Waals surface area contributed by atoms with Crippen LogP contribution in [0.15, 0.2) is 39.8 Å². The molecule has 2 heterocycles. The van der Waals surface area contributed by atoms with Crippen molar-refractivity contribution in [2.24, 2.45) is 0 Å². The second kappa shape index (κ2) is 7.35. The summed E-state index contributed by atoms with van der Waals surface area (Å²) in [5.74, 6) is 0. The third-order valence-corrected chi connectivity index (χ3v) is 5.44. The lowest BCUT2D eigenvalue weighted by molar-refractivity contribution is 0.0959. The average molecular weight is 415 g/mol. The van der Waals surface area contributed by atoms with E-state index in [9.17, 15) is 9.90 Å². The lowest BCUT2D eigenvalue weighted by atomic mass is 9.95. The molecular weight excluding hydrogens is 394 g/mol. The van der Waals surface area contributed by atoms with Gasteiger partial charge in [0, 0.05) is 17.1 Å². The Balaban J connectivity index is 1.90. The first kappa shape index (κ1) is 15.1. The molecule has 3 rings (SSSR count). The van der Waals surface area contributed by atoms with E-state index in [1.54, 1.807) is 12.1 Å². The minimum atomic E-state index is -0.513. The number of hydrogen-bond acceptors (Lipinski definition) is 4. The van der Waals surface area contributed by atoms with Crippen LogP contribution in [0, 0.1) is 0 Å². The normalized spacial score (nSPS) is 22.1. The van der Waals surface area contributed by atoms with Gasteiger partial charge in [0.05, 0.1) is 31.1 Å². The molecule has 1 aromatic carbocycles. The quantitative estimate of drug-likeness (QED) is 0.755. The molecule has 0 amide bonds. The minimum Gasteiger partial charge on any atom is -0.391 e. The minimum absolute atomic E-state index is 0.0860. The first-order chi connectivity index (χ1) is 12.4. The molecule has 2 N–H and O–H groups in total. The van der Waals surface area contributed by atoms with Crippen molar-refractivity contribution in [3.8, 4) is 0 Å². The highest BCUT2D eigenvalue weighted by molar-refractivity contribution is 9.10. The maximum atomic E-state index is 12.7. The van der Waals surface area contributed by atoms with Crippen LogP contribution >= 0.6 is 27.5 Å². The van der Waals surface area contributed by atoms with Crippen LogP contribution in [-0.2, 0) is 6.54 Å². The molecule has 5 nitrogen and oxygen atoms in total. The Hall–Kier alpha value is -1.21. The number of aliphatic hydroxyl groups is 1. The molecule has 1 saturated heterocycles. The van der Waals surface area contributed by atoms with E-state index in [0.717, 1.165) is 13.0 Å². The van der Waals surface area contributed by atoms with Crippen molar-refractivity contribution in [1.82, 2.24) is 14.9 Å². The standard InChI is InChI=1S/C17H19BrClN3O2/c1-10(5-15-16(23)3-2-4-20-15)8-22-9-21-14-7-12(18)13(19)6-11(14)17(22)24/h6-7,9,15-16,20,23H,1-5,8H2/i1D2. The molecule has 2 aromatic rings. The van der Waals surface area contributed by atoms with Gasteiger partial charge in [0.1, 0.15) is 0 Å². The third-order valence-electron chi connectivity index (χ3n) is 4.24. The number of fused-ring (bicyclic) bond motifs is 1. The Labute approximate surface area is 156 Å². The van der Waals surface area contributed by atoms with Crippen LogP contribution in [0.1, 0.15) is 22.0 Å². The number of aliphatic hydroxyl groups excluding tert-OH is 1. The first-order valence-corrected chi connectivity index (χ1v) is 8.94. The van der Waals surface area contributed by atoms with Gasteiger partial charge >= 0.3 is 0 Å². The van der Waals surface area contributed by atoms with Gasteiger partial charge in [-0.1, -0.05) is 23.7 Å². The molecule has 7 heteroatoms. The monoisotopic (exact) mass is 413 g/mol. The van der Waals surface area contributed by atoms with Gasteiger partial charge in [-0.05, 0) is 53.9 Å². The number of rotatable bonds is 4. The van der Waals surface area contributed by atoms with Gasteiger partial charge in [-0.3, -0.25) is 9.36 Å². The fourth-order valence-electron chi connectivity index (χ4n) is 2.95. The van der Waals surface area contributed by atoms with Crippen molar-refractivity contribution < 1.29 is 7.85 Å². The zero-order chi connectivity index (χ0) is 18.8. The maximum absolute atomic E-state index is 12.7. The summed E-state index contributed by atoms with van der Waals surface area (Å²) < 4.78 is 17.5. The third kappa shape index (κ3) is 3.72. The van der Waals surface area contributed by atoms with E-state index < -0.39 is 6.10 Å². The molecule has 0 spiro atoms. The predicted molar refractivity (Wildman–Crippen MR) is 99.5 cm³/mol. The zero-order valence-electron chi connectivity index (χ0n) is 14.9. The molecule has 128 valence electrons. The van der Waals surface area contributed by atoms with Crippen molar-refractivity contribution in [2.45, 2.75) is 38.0 Å². The number of piperidine rings is 1. The lowest BCUT2D eigenvalue weighted by Gasteiger charge is -2.29. The highest BCUT2D eigenvalue weighted by atomic mass is 79.9. The molecule has 1 aliphatic heterocycles. The molecule has 1 aromatic heterocycles. The summed E-state index contributed by atoms with van der Waals surface area (Å²) in [7, 11) is 0. The van der Waals surface area contributed by atoms with Crippen LogP contribution in [-0.4, -0.2) is 33.3 Å². The van der Waals surface area contributed by atoms with Crippen molar-refractivity contribution in [3.05, 3.63) is 50.4 Å². The van der Waals surface area contributed by atoms with E-state index in [4.69, 9.17) is 14.3 Å². The molecule has 2 unspecified atom stereocenters. The fraction of sp³-hybridized carbons (Fsp3) is 0.412. The summed E-state index contributed by atoms with van der Waals surface area (Å²) in [6.07, 6.45) is 2.84. The van der Waals surface area contributed by atoms with Gasteiger partial charge in [0.2, 0.25) is 0 Å². The number of nitrogens with zero attached hydrogens (tertiary/aromatic N) is 2. The lowest BCUT2D eigenvalue weighted by Crippen LogP contribution is -2.45. The van der Waals surface area contributed by atoms with Crippen LogP contribution in [0.3, 0.4) is 0 Å². The second-order valence-electron chi connectivity index (χ2n) is 6.04. The number of aromatic nitrogens is 2. The summed E-state index contributed by atoms with van der Waals surface area (Å²) in [6, 6.07) is 3.03. The molecule has 0 bridgehead atoms. The van der Waals surface area contributed by atoms with E-state index in [1.165, 1.54) is 10.9 Å². The van der Waals surface area contributed by atoms with E-state index >= 15 is 0 Å². The van der Waals surface area contributed by atoms with Crippen molar-refractivity contribution in [1.29, 1.82) is 0 Å². The Morgan fingerprint density at radius 1 is 1.62 bits per heavy atom. The van der Waals surface area contributed by atoms with Gasteiger partial charge in [0.25, 0.3) is 5.56 Å². The van der Waals surface area contributed by atoms with Gasteiger partial charge in [-0.2, -0.15) is 0 Å². The van der Waals surface area contributed by atoms with Gasteiger partial charge < -0.3 is 10.4 Å². The molecule has 1 aliphatic rings. The van der Waals surface area contributed by atoms with Crippen molar-refractivity contribution >= 4 is 38.4 Å². The summed E-state index contributed by atoms with van der Waals surface area (Å²) in [5.41, 5.74) is 0.713. The number of halogens is 2. The summed E-state index contributed by atoms with van der Waals surface area (Å²) >= 11 is 9.40. The molecular formula is C17H19BrClN3O2. The van der Waals surface area contributed by atoms with Gasteiger partial charge in [-0.25, -0.2) is 4.98 Å². The van der Waals surface area contributed by atoms with E-state index in [0.29, 0.717) is 38.8 Å². The Kier molecular flexibility index (Phi) is 4.62. The molecule has 0 aliphatic carbocycles. The Bertz CT molecular complexity index is 915. The maximum Gasteiger partial charge on any atom is 0.261 e. The zero-order valence-corrected chi connectivity index (χ0v) is 15.3. The SMILES string of the molecule is [2H]C([2H])=C(CC1NCCCC1O)Cn1cnc2cc(Br)c(Cl)cc2c1=O. The molecule has 0 radical (unpaired) electrons. The summed E-state index contributed by atoms with van der Waals surface area (Å²) in [6.45, 7) is 0.541. The van der Waals surface area contributed by atoms with Crippen LogP contribution in [0.4, 0.5) is 0 Å². The second-order valence-corrected chi connectivity index (χ2v) is 7.30. The van der Waals surface area contributed by atoms with Crippen LogP contribution in [0.2, 0.25) is 5.02 Å². The van der Waals surface area contributed by atoms with Crippen LogP contribution in [0.5, 0.6) is 0 Å². The van der Waals surface area contributed by atoms with E-state index in [-0.39, 0.29) is 24.7 Å². The number of nitrogens with one attached hydrogen (secondary N) is 1. The van der Waals surface area contributed by atoms with Crippen molar-refractivity contribution in [2.75, 3.05) is 6.54 Å². The van der Waals surface area contributed by atoms with Crippen molar-refractivity contribution in [3.63, 3.8) is 0 Å². The molecule has 24 heavy (non-hydrogen) atoms. The molecule has 0 saturated carbocycles. The fourth-order valence-corrected chi connectivity index (χ4v) is 3.44. The van der Waals surface area contributed by atoms with Gasteiger partial charge in [0.15, 0.2) is 0 Å². The largest absolute Gasteiger partial charge is 0.391 e. The predicted octanol–water partition coefficient (Wildman–Crippen LogP) is 2.87. The van der Waals surface area contributed by atoms with Crippen LogP contribution < -0.4 is 10.9 Å². The highest BCUT2D eigenvalue weighted by Crippen LogP contribution is 2.25. The Morgan fingerprint density at radius 3 is 3.21 bits per heavy atom. The van der Waals surface area contributed by atoms with Gasteiger partial charge in [-0.15, -0.1) is 0 Å². The highest BCUT2D eigenvalue weighted by Gasteiger charge is 2.23. The summed E-state index contributed by atoms with van der Waals surface area (Å²) in [5, 5.41) is 14.1. The van der Waals surface area contributed by atoms with Crippen LogP contribution in [0.25, 0.3) is 10.9 Å². The Morgan fingerprint density at radius 2 is 2.46 bits per heavy atom. The number of benzene rings is 1.